The molecule has 2 aromatic heterocycles. The SMILES string of the molecule is COc1ccccc1Nc1nc(I)nc2c1ncn2C1CCCO1. The van der Waals surface area contributed by atoms with Crippen molar-refractivity contribution in [2.24, 2.45) is 0 Å². The maximum absolute atomic E-state index is 5.76. The monoisotopic (exact) mass is 437 g/mol. The van der Waals surface area contributed by atoms with Gasteiger partial charge in [0.05, 0.1) is 19.1 Å². The van der Waals surface area contributed by atoms with Gasteiger partial charge in [0.1, 0.15) is 12.0 Å². The van der Waals surface area contributed by atoms with E-state index in [1.54, 1.807) is 13.4 Å². The Hall–Kier alpha value is -1.94. The second-order valence-corrected chi connectivity index (χ2v) is 6.42. The molecule has 1 unspecified atom stereocenters. The van der Waals surface area contributed by atoms with Gasteiger partial charge in [-0.25, -0.2) is 15.0 Å². The Bertz CT molecular complexity index is 876. The molecule has 0 spiro atoms. The second kappa shape index (κ2) is 6.52. The number of rotatable bonds is 4. The van der Waals surface area contributed by atoms with Crippen molar-refractivity contribution in [1.29, 1.82) is 0 Å². The number of nitrogens with one attached hydrogen (secondary N) is 1. The van der Waals surface area contributed by atoms with Crippen LogP contribution in [0, 0.1) is 3.83 Å². The van der Waals surface area contributed by atoms with E-state index in [4.69, 9.17) is 9.47 Å². The Morgan fingerprint density at radius 3 is 3.00 bits per heavy atom. The van der Waals surface area contributed by atoms with Crippen LogP contribution in [-0.4, -0.2) is 33.2 Å². The van der Waals surface area contributed by atoms with Crippen LogP contribution >= 0.6 is 22.6 Å². The van der Waals surface area contributed by atoms with Crippen LogP contribution in [0.15, 0.2) is 30.6 Å². The molecule has 1 saturated heterocycles. The van der Waals surface area contributed by atoms with E-state index < -0.39 is 0 Å². The summed E-state index contributed by atoms with van der Waals surface area (Å²) in [4.78, 5) is 13.6. The predicted molar refractivity (Wildman–Crippen MR) is 98.5 cm³/mol. The number of imidazole rings is 1. The van der Waals surface area contributed by atoms with Crippen LogP contribution in [0.1, 0.15) is 19.1 Å². The van der Waals surface area contributed by atoms with E-state index in [9.17, 15) is 0 Å². The lowest BCUT2D eigenvalue weighted by Crippen LogP contribution is -2.08. The molecule has 0 amide bonds. The number of anilines is 2. The summed E-state index contributed by atoms with van der Waals surface area (Å²) in [5, 5.41) is 3.31. The van der Waals surface area contributed by atoms with Gasteiger partial charge in [-0.05, 0) is 25.0 Å². The third-order valence-corrected chi connectivity index (χ3v) is 4.45. The van der Waals surface area contributed by atoms with Gasteiger partial charge in [-0.15, -0.1) is 0 Å². The van der Waals surface area contributed by atoms with Gasteiger partial charge in [0.2, 0.25) is 0 Å². The number of hydrogen-bond acceptors (Lipinski definition) is 6. The number of methoxy groups -OCH3 is 1. The van der Waals surface area contributed by atoms with Crippen LogP contribution in [0.3, 0.4) is 0 Å². The maximum Gasteiger partial charge on any atom is 0.194 e. The van der Waals surface area contributed by atoms with E-state index >= 15 is 0 Å². The van der Waals surface area contributed by atoms with Crippen molar-refractivity contribution in [3.05, 3.63) is 34.4 Å². The topological polar surface area (TPSA) is 74.1 Å². The Balaban J connectivity index is 1.78. The lowest BCUT2D eigenvalue weighted by atomic mass is 10.3. The number of fused-ring (bicyclic) bond motifs is 1. The molecule has 3 heterocycles. The molecule has 1 fully saturated rings. The van der Waals surface area contributed by atoms with Gasteiger partial charge in [0.15, 0.2) is 20.8 Å². The Kier molecular flexibility index (Phi) is 4.23. The molecule has 1 atom stereocenters. The quantitative estimate of drug-likeness (QED) is 0.498. The zero-order chi connectivity index (χ0) is 16.5. The summed E-state index contributed by atoms with van der Waals surface area (Å²) >= 11 is 2.12. The van der Waals surface area contributed by atoms with Crippen molar-refractivity contribution < 1.29 is 9.47 Å². The minimum Gasteiger partial charge on any atom is -0.495 e. The lowest BCUT2D eigenvalue weighted by Gasteiger charge is -2.13. The summed E-state index contributed by atoms with van der Waals surface area (Å²) in [5.41, 5.74) is 2.33. The zero-order valence-corrected chi connectivity index (χ0v) is 15.2. The van der Waals surface area contributed by atoms with Gasteiger partial charge in [0.25, 0.3) is 0 Å². The molecule has 1 aliphatic heterocycles. The smallest absolute Gasteiger partial charge is 0.194 e. The van der Waals surface area contributed by atoms with Crippen LogP contribution < -0.4 is 10.1 Å². The van der Waals surface area contributed by atoms with Crippen molar-refractivity contribution >= 4 is 45.3 Å². The molecule has 4 rings (SSSR count). The molecular weight excluding hydrogens is 421 g/mol. The highest BCUT2D eigenvalue weighted by Crippen LogP contribution is 2.31. The molecule has 124 valence electrons. The number of ether oxygens (including phenoxy) is 2. The first-order valence-electron chi connectivity index (χ1n) is 7.68. The molecule has 8 heteroatoms. The molecule has 0 radical (unpaired) electrons. The first-order valence-corrected chi connectivity index (χ1v) is 8.76. The highest BCUT2D eigenvalue weighted by Gasteiger charge is 2.22. The average Bonchev–Trinajstić information content (AvgIpc) is 3.24. The Morgan fingerprint density at radius 1 is 1.33 bits per heavy atom. The van der Waals surface area contributed by atoms with E-state index in [0.717, 1.165) is 42.0 Å². The fourth-order valence-electron chi connectivity index (χ4n) is 2.84. The summed E-state index contributed by atoms with van der Waals surface area (Å²) in [6.07, 6.45) is 3.80. The summed E-state index contributed by atoms with van der Waals surface area (Å²) in [6.45, 7) is 0.777. The largest absolute Gasteiger partial charge is 0.495 e. The first kappa shape index (κ1) is 15.6. The van der Waals surface area contributed by atoms with Crippen LogP contribution in [0.2, 0.25) is 0 Å². The molecule has 1 N–H and O–H groups in total. The third-order valence-electron chi connectivity index (χ3n) is 3.97. The molecule has 7 nitrogen and oxygen atoms in total. The number of aromatic nitrogens is 4. The number of benzene rings is 1. The highest BCUT2D eigenvalue weighted by molar-refractivity contribution is 14.1. The van der Waals surface area contributed by atoms with Gasteiger partial charge in [-0.2, -0.15) is 0 Å². The van der Waals surface area contributed by atoms with Crippen molar-refractivity contribution in [3.63, 3.8) is 0 Å². The summed E-state index contributed by atoms with van der Waals surface area (Å²) in [6, 6.07) is 7.71. The standard InChI is InChI=1S/C16H16IN5O2/c1-23-11-6-3-2-5-10(11)19-14-13-15(21-16(17)20-14)22(9-18-13)12-7-4-8-24-12/h2-3,5-6,9,12H,4,7-8H2,1H3,(H,19,20,21). The molecule has 24 heavy (non-hydrogen) atoms. The van der Waals surface area contributed by atoms with Crippen LogP contribution in [0.4, 0.5) is 11.5 Å². The van der Waals surface area contributed by atoms with Gasteiger partial charge >= 0.3 is 0 Å². The average molecular weight is 437 g/mol. The fourth-order valence-corrected chi connectivity index (χ4v) is 3.31. The van der Waals surface area contributed by atoms with Gasteiger partial charge < -0.3 is 14.8 Å². The number of para-hydroxylation sites is 2. The molecule has 3 aromatic rings. The van der Waals surface area contributed by atoms with Crippen LogP contribution in [0.5, 0.6) is 5.75 Å². The molecule has 1 aliphatic rings. The summed E-state index contributed by atoms with van der Waals surface area (Å²) < 4.78 is 13.8. The van der Waals surface area contributed by atoms with E-state index in [1.807, 2.05) is 28.8 Å². The van der Waals surface area contributed by atoms with E-state index in [1.165, 1.54) is 0 Å². The third kappa shape index (κ3) is 2.80. The van der Waals surface area contributed by atoms with E-state index in [2.05, 4.69) is 42.9 Å². The minimum absolute atomic E-state index is 0.000175. The first-order chi connectivity index (χ1) is 11.8. The summed E-state index contributed by atoms with van der Waals surface area (Å²) in [7, 11) is 1.64. The molecule has 0 saturated carbocycles. The van der Waals surface area contributed by atoms with Gasteiger partial charge in [-0.3, -0.25) is 4.57 Å². The van der Waals surface area contributed by atoms with Gasteiger partial charge in [0, 0.05) is 29.2 Å². The van der Waals surface area contributed by atoms with Crippen molar-refractivity contribution in [1.82, 2.24) is 19.5 Å². The molecule has 1 aromatic carbocycles. The molecule has 0 bridgehead atoms. The van der Waals surface area contributed by atoms with Crippen molar-refractivity contribution in [2.75, 3.05) is 19.0 Å². The normalized spacial score (nSPS) is 17.3. The zero-order valence-electron chi connectivity index (χ0n) is 13.1. The maximum atomic E-state index is 5.76. The van der Waals surface area contributed by atoms with Crippen LogP contribution in [-0.2, 0) is 4.74 Å². The predicted octanol–water partition coefficient (Wildman–Crippen LogP) is 3.49. The van der Waals surface area contributed by atoms with Crippen molar-refractivity contribution in [3.8, 4) is 5.75 Å². The van der Waals surface area contributed by atoms with Crippen molar-refractivity contribution in [2.45, 2.75) is 19.1 Å². The number of hydrogen-bond donors (Lipinski definition) is 1. The fraction of sp³-hybridized carbons (Fsp3) is 0.312. The molecular formula is C16H16IN5O2. The van der Waals surface area contributed by atoms with E-state index in [0.29, 0.717) is 9.65 Å². The minimum atomic E-state index is -0.000175. The molecule has 0 aliphatic carbocycles. The lowest BCUT2D eigenvalue weighted by molar-refractivity contribution is 0.0592. The van der Waals surface area contributed by atoms with Gasteiger partial charge in [-0.1, -0.05) is 12.1 Å². The second-order valence-electron chi connectivity index (χ2n) is 5.46. The van der Waals surface area contributed by atoms with E-state index in [-0.39, 0.29) is 6.23 Å². The Morgan fingerprint density at radius 2 is 2.21 bits per heavy atom. The highest BCUT2D eigenvalue weighted by atomic mass is 127. The Labute approximate surface area is 152 Å². The summed E-state index contributed by atoms with van der Waals surface area (Å²) in [5.74, 6) is 1.41. The van der Waals surface area contributed by atoms with Crippen LogP contribution in [0.25, 0.3) is 11.2 Å². The number of halogens is 1. The number of nitrogens with zero attached hydrogens (tertiary/aromatic N) is 4.